The Balaban J connectivity index is 1.88. The van der Waals surface area contributed by atoms with Gasteiger partial charge in [0.2, 0.25) is 5.91 Å². The summed E-state index contributed by atoms with van der Waals surface area (Å²) < 4.78 is 10.5. The number of amides is 2. The van der Waals surface area contributed by atoms with Gasteiger partial charge in [-0.15, -0.1) is 11.8 Å². The van der Waals surface area contributed by atoms with Crippen LogP contribution in [-0.2, 0) is 19.1 Å². The monoisotopic (exact) mass is 411 g/mol. The SMILES string of the molecule is C[C@@H]1CN(C(=O)COC(=O)CSc2ccc(C(N)=O)cc2[N+](=O)[O-])C[C@@H](C)O1. The minimum Gasteiger partial charge on any atom is -0.455 e. The number of thioether (sulfide) groups is 1. The lowest BCUT2D eigenvalue weighted by molar-refractivity contribution is -0.387. The standard InChI is InChI=1S/C17H21N3O7S/c1-10-6-19(7-11(2)27-10)15(21)8-26-16(22)9-28-14-4-3-12(17(18)23)5-13(14)20(24)25/h3-5,10-11H,6-9H2,1-2H3,(H2,18,23)/t10-,11-/m1/s1. The Morgan fingerprint density at radius 1 is 1.32 bits per heavy atom. The molecule has 1 aromatic rings. The van der Waals surface area contributed by atoms with Crippen molar-refractivity contribution in [2.75, 3.05) is 25.4 Å². The molecule has 11 heteroatoms. The zero-order chi connectivity index (χ0) is 20.8. The summed E-state index contributed by atoms with van der Waals surface area (Å²) in [5.74, 6) is -2.01. The van der Waals surface area contributed by atoms with Crippen LogP contribution in [0.4, 0.5) is 5.69 Å². The summed E-state index contributed by atoms with van der Waals surface area (Å²) in [6.45, 7) is 4.16. The van der Waals surface area contributed by atoms with Gasteiger partial charge in [0.25, 0.3) is 11.6 Å². The Kier molecular flexibility index (Phi) is 7.35. The van der Waals surface area contributed by atoms with Gasteiger partial charge in [0.05, 0.1) is 27.8 Å². The summed E-state index contributed by atoms with van der Waals surface area (Å²) in [6.07, 6.45) is -0.189. The van der Waals surface area contributed by atoms with E-state index in [0.717, 1.165) is 17.8 Å². The van der Waals surface area contributed by atoms with E-state index in [2.05, 4.69) is 0 Å². The van der Waals surface area contributed by atoms with Crippen molar-refractivity contribution in [3.8, 4) is 0 Å². The van der Waals surface area contributed by atoms with Crippen molar-refractivity contribution in [2.24, 2.45) is 5.73 Å². The lowest BCUT2D eigenvalue weighted by atomic mass is 10.2. The van der Waals surface area contributed by atoms with Crippen molar-refractivity contribution in [1.82, 2.24) is 4.90 Å². The fraction of sp³-hybridized carbons (Fsp3) is 0.471. The van der Waals surface area contributed by atoms with Gasteiger partial charge in [-0.3, -0.25) is 24.5 Å². The average molecular weight is 411 g/mol. The lowest BCUT2D eigenvalue weighted by Gasteiger charge is -2.35. The first-order valence-electron chi connectivity index (χ1n) is 8.47. The van der Waals surface area contributed by atoms with Crippen LogP contribution >= 0.6 is 11.8 Å². The number of nitrogens with zero attached hydrogens (tertiary/aromatic N) is 2. The van der Waals surface area contributed by atoms with Gasteiger partial charge < -0.3 is 20.1 Å². The maximum atomic E-state index is 12.2. The van der Waals surface area contributed by atoms with Gasteiger partial charge in [-0.05, 0) is 26.0 Å². The number of ether oxygens (including phenoxy) is 2. The molecule has 2 N–H and O–H groups in total. The van der Waals surface area contributed by atoms with E-state index in [1.165, 1.54) is 12.1 Å². The Morgan fingerprint density at radius 2 is 1.96 bits per heavy atom. The first kappa shape index (κ1) is 21.6. The number of nitrogens with two attached hydrogens (primary N) is 1. The second-order valence-corrected chi connectivity index (χ2v) is 7.33. The third-order valence-corrected chi connectivity index (χ3v) is 4.95. The Morgan fingerprint density at radius 3 is 2.54 bits per heavy atom. The minimum atomic E-state index is -0.788. The van der Waals surface area contributed by atoms with Crippen LogP contribution in [0.1, 0.15) is 24.2 Å². The molecule has 2 rings (SSSR count). The molecule has 0 radical (unpaired) electrons. The highest BCUT2D eigenvalue weighted by molar-refractivity contribution is 8.00. The number of morpholine rings is 1. The molecule has 0 unspecified atom stereocenters. The van der Waals surface area contributed by atoms with Crippen LogP contribution in [0.2, 0.25) is 0 Å². The van der Waals surface area contributed by atoms with Crippen LogP contribution < -0.4 is 5.73 Å². The van der Waals surface area contributed by atoms with Gasteiger partial charge in [0.1, 0.15) is 0 Å². The molecule has 0 spiro atoms. The van der Waals surface area contributed by atoms with Crippen LogP contribution in [-0.4, -0.2) is 65.3 Å². The van der Waals surface area contributed by atoms with Gasteiger partial charge >= 0.3 is 5.97 Å². The molecule has 0 aliphatic carbocycles. The third-order valence-electron chi connectivity index (χ3n) is 3.91. The maximum Gasteiger partial charge on any atom is 0.316 e. The molecule has 2 atom stereocenters. The molecule has 28 heavy (non-hydrogen) atoms. The molecule has 0 bridgehead atoms. The Labute approximate surface area is 165 Å². The van der Waals surface area contributed by atoms with Gasteiger partial charge in [0, 0.05) is 24.7 Å². The average Bonchev–Trinajstić information content (AvgIpc) is 2.63. The molecule has 1 heterocycles. The Bertz CT molecular complexity index is 776. The molecule has 1 fully saturated rings. The zero-order valence-corrected chi connectivity index (χ0v) is 16.3. The second-order valence-electron chi connectivity index (χ2n) is 6.31. The molecule has 2 amide bonds. The van der Waals surface area contributed by atoms with Crippen LogP contribution in [0.3, 0.4) is 0 Å². The summed E-state index contributed by atoms with van der Waals surface area (Å²) >= 11 is 0.879. The smallest absolute Gasteiger partial charge is 0.316 e. The van der Waals surface area contributed by atoms with Crippen molar-refractivity contribution >= 4 is 35.2 Å². The van der Waals surface area contributed by atoms with E-state index in [1.54, 1.807) is 4.90 Å². The quantitative estimate of drug-likeness (QED) is 0.303. The highest BCUT2D eigenvalue weighted by Gasteiger charge is 2.26. The van der Waals surface area contributed by atoms with E-state index in [9.17, 15) is 24.5 Å². The van der Waals surface area contributed by atoms with Crippen LogP contribution in [0.5, 0.6) is 0 Å². The molecular weight excluding hydrogens is 390 g/mol. The summed E-state index contributed by atoms with van der Waals surface area (Å²) in [5, 5.41) is 11.1. The van der Waals surface area contributed by atoms with Gasteiger partial charge in [-0.2, -0.15) is 0 Å². The fourth-order valence-electron chi connectivity index (χ4n) is 2.73. The molecule has 1 aliphatic rings. The molecule has 0 saturated carbocycles. The van der Waals surface area contributed by atoms with Gasteiger partial charge in [-0.25, -0.2) is 0 Å². The van der Waals surface area contributed by atoms with Crippen LogP contribution in [0.15, 0.2) is 23.1 Å². The maximum absolute atomic E-state index is 12.2. The molecular formula is C17H21N3O7S. The van der Waals surface area contributed by atoms with Crippen molar-refractivity contribution < 1.29 is 28.8 Å². The predicted octanol–water partition coefficient (Wildman–Crippen LogP) is 0.965. The first-order chi connectivity index (χ1) is 13.2. The fourth-order valence-corrected chi connectivity index (χ4v) is 3.53. The van der Waals surface area contributed by atoms with E-state index >= 15 is 0 Å². The number of carbonyl (C=O) groups is 3. The molecule has 10 nitrogen and oxygen atoms in total. The first-order valence-corrected chi connectivity index (χ1v) is 9.45. The second kappa shape index (κ2) is 9.51. The number of nitro groups is 1. The highest BCUT2D eigenvalue weighted by Crippen LogP contribution is 2.30. The van der Waals surface area contributed by atoms with Crippen LogP contribution in [0, 0.1) is 10.1 Å². The third kappa shape index (κ3) is 5.92. The number of nitro benzene ring substituents is 1. The zero-order valence-electron chi connectivity index (χ0n) is 15.5. The largest absolute Gasteiger partial charge is 0.455 e. The number of carbonyl (C=O) groups excluding carboxylic acids is 3. The molecule has 1 aromatic carbocycles. The summed E-state index contributed by atoms with van der Waals surface area (Å²) in [4.78, 5) is 47.5. The van der Waals surface area contributed by atoms with Crippen molar-refractivity contribution in [3.63, 3.8) is 0 Å². The topological polar surface area (TPSA) is 142 Å². The number of primary amides is 1. The minimum absolute atomic E-state index is 0.00167. The highest BCUT2D eigenvalue weighted by atomic mass is 32.2. The van der Waals surface area contributed by atoms with Crippen molar-refractivity contribution in [1.29, 1.82) is 0 Å². The summed E-state index contributed by atoms with van der Waals surface area (Å²) in [5.41, 5.74) is 4.78. The van der Waals surface area contributed by atoms with Gasteiger partial charge in [-0.1, -0.05) is 0 Å². The summed E-state index contributed by atoms with van der Waals surface area (Å²) in [6, 6.07) is 3.74. The molecule has 0 aromatic heterocycles. The lowest BCUT2D eigenvalue weighted by Crippen LogP contribution is -2.49. The summed E-state index contributed by atoms with van der Waals surface area (Å²) in [7, 11) is 0. The van der Waals surface area contributed by atoms with Crippen molar-refractivity contribution in [3.05, 3.63) is 33.9 Å². The Hall–Kier alpha value is -2.66. The predicted molar refractivity (Wildman–Crippen MR) is 99.9 cm³/mol. The van der Waals surface area contributed by atoms with E-state index in [0.29, 0.717) is 13.1 Å². The van der Waals surface area contributed by atoms with Gasteiger partial charge in [0.15, 0.2) is 6.61 Å². The van der Waals surface area contributed by atoms with Crippen LogP contribution in [0.25, 0.3) is 0 Å². The van der Waals surface area contributed by atoms with E-state index in [-0.39, 0.29) is 40.0 Å². The number of hydrogen-bond donors (Lipinski definition) is 1. The number of rotatable bonds is 7. The van der Waals surface area contributed by atoms with Crippen molar-refractivity contribution in [2.45, 2.75) is 31.0 Å². The number of esters is 1. The molecule has 1 aliphatic heterocycles. The van der Waals surface area contributed by atoms with E-state index in [1.807, 2.05) is 13.8 Å². The number of hydrogen-bond acceptors (Lipinski definition) is 8. The van der Waals surface area contributed by atoms with E-state index in [4.69, 9.17) is 15.2 Å². The molecule has 152 valence electrons. The normalized spacial score (nSPS) is 19.1. The van der Waals surface area contributed by atoms with E-state index < -0.39 is 23.4 Å². The number of benzene rings is 1. The molecule has 1 saturated heterocycles.